The molecule has 0 radical (unpaired) electrons. The van der Waals surface area contributed by atoms with Gasteiger partial charge in [0.15, 0.2) is 0 Å². The normalized spacial score (nSPS) is 21.8. The molecule has 0 unspecified atom stereocenters. The first-order chi connectivity index (χ1) is 47.3. The first kappa shape index (κ1) is 72.5. The average Bonchev–Trinajstić information content (AvgIpc) is 1.31. The second-order valence-electron chi connectivity index (χ2n) is 30.6. The van der Waals surface area contributed by atoms with E-state index in [9.17, 15) is 33.9 Å². The largest absolute Gasteiger partial charge is 0.391 e. The van der Waals surface area contributed by atoms with Crippen molar-refractivity contribution in [3.05, 3.63) is 118 Å². The summed E-state index contributed by atoms with van der Waals surface area (Å²) >= 11 is 1.57. The van der Waals surface area contributed by atoms with E-state index < -0.39 is 52.6 Å². The minimum absolute atomic E-state index is 0.00373. The van der Waals surface area contributed by atoms with Crippen molar-refractivity contribution >= 4 is 64.1 Å². The zero-order valence-electron chi connectivity index (χ0n) is 58.7. The summed E-state index contributed by atoms with van der Waals surface area (Å²) in [4.78, 5) is 108. The number of hydrogen-bond acceptors (Lipinski definition) is 17. The Labute approximate surface area is 585 Å². The zero-order valence-corrected chi connectivity index (χ0v) is 59.5. The molecule has 8 heterocycles. The molecule has 5 aromatic rings. The van der Waals surface area contributed by atoms with E-state index in [1.165, 1.54) is 23.4 Å². The summed E-state index contributed by atoms with van der Waals surface area (Å²) in [6, 6.07) is 18.2. The number of halogens is 2. The van der Waals surface area contributed by atoms with E-state index in [0.29, 0.717) is 83.0 Å². The number of carbonyl (C=O) groups excluding carboxylic acids is 6. The van der Waals surface area contributed by atoms with Crippen molar-refractivity contribution in [3.63, 3.8) is 0 Å². The molecule has 6 amide bonds. The third kappa shape index (κ3) is 18.8. The van der Waals surface area contributed by atoms with Crippen LogP contribution in [0.25, 0.3) is 10.4 Å². The first-order valence-corrected chi connectivity index (χ1v) is 36.4. The third-order valence-electron chi connectivity index (χ3n) is 21.2. The molecule has 7 N–H and O–H groups in total. The number of anilines is 3. The van der Waals surface area contributed by atoms with Crippen molar-refractivity contribution < 1.29 is 42.7 Å². The maximum absolute atomic E-state index is 15.8. The van der Waals surface area contributed by atoms with E-state index in [1.807, 2.05) is 88.7 Å². The van der Waals surface area contributed by atoms with Gasteiger partial charge in [-0.05, 0) is 136 Å². The van der Waals surface area contributed by atoms with Gasteiger partial charge in [0.2, 0.25) is 35.4 Å². The van der Waals surface area contributed by atoms with Gasteiger partial charge in [-0.15, -0.1) is 11.3 Å². The molecule has 2 spiro atoms. The number of nitrogens with zero attached hydrogens (tertiary/aromatic N) is 9. The van der Waals surface area contributed by atoms with Gasteiger partial charge >= 0.3 is 0 Å². The Hall–Kier alpha value is -7.71. The molecule has 0 bridgehead atoms. The number of amides is 6. The summed E-state index contributed by atoms with van der Waals surface area (Å²) in [5, 5.41) is 29.3. The number of benzene rings is 3. The van der Waals surface area contributed by atoms with Gasteiger partial charge in [0.05, 0.1) is 46.0 Å². The van der Waals surface area contributed by atoms with E-state index in [1.54, 1.807) is 16.2 Å². The second kappa shape index (κ2) is 31.5. The van der Waals surface area contributed by atoms with Crippen molar-refractivity contribution in [2.75, 3.05) is 107 Å². The molecule has 6 aliphatic rings. The number of hydrogen-bond donors (Lipinski definition) is 7. The predicted molar refractivity (Wildman–Crippen MR) is 379 cm³/mol. The number of aryl methyl sites for hydroxylation is 1. The molecule has 0 aliphatic carbocycles. The summed E-state index contributed by atoms with van der Waals surface area (Å²) in [5.74, 6) is -1.31. The number of thiazole rings is 1. The summed E-state index contributed by atoms with van der Waals surface area (Å²) in [6.07, 6.45) is 7.09. The van der Waals surface area contributed by atoms with Crippen molar-refractivity contribution in [2.24, 2.45) is 16.2 Å². The number of piperidine rings is 2. The van der Waals surface area contributed by atoms with E-state index in [4.69, 9.17) is 0 Å². The van der Waals surface area contributed by atoms with Crippen LogP contribution in [0.5, 0.6) is 0 Å². The quantitative estimate of drug-likeness (QED) is 0.0280. The fraction of sp³-hybridized carbons (Fsp3) is 0.581. The lowest BCUT2D eigenvalue weighted by molar-refractivity contribution is -0.144. The van der Waals surface area contributed by atoms with Crippen LogP contribution in [0.2, 0.25) is 0 Å². The van der Waals surface area contributed by atoms with E-state index in [0.717, 1.165) is 117 Å². The number of β-amino-alcohol motifs (C(OH)–C–C–N with tert-alkyl or cyclic N) is 1. The van der Waals surface area contributed by atoms with Gasteiger partial charge in [0, 0.05) is 115 Å². The molecule has 2 aromatic heterocycles. The van der Waals surface area contributed by atoms with Crippen LogP contribution in [0.4, 0.5) is 26.1 Å². The summed E-state index contributed by atoms with van der Waals surface area (Å²) in [5.41, 5.74) is 6.27. The number of carbonyl (C=O) groups is 6. The van der Waals surface area contributed by atoms with Crippen molar-refractivity contribution in [1.29, 1.82) is 0 Å². The van der Waals surface area contributed by atoms with Crippen LogP contribution >= 0.6 is 11.3 Å². The summed E-state index contributed by atoms with van der Waals surface area (Å²) in [7, 11) is 0. The highest BCUT2D eigenvalue weighted by atomic mass is 32.1. The smallest absolute Gasteiger partial charge is 0.246 e. The van der Waals surface area contributed by atoms with Crippen LogP contribution < -0.4 is 41.7 Å². The number of aliphatic hydroxyl groups is 1. The lowest BCUT2D eigenvalue weighted by Crippen LogP contribution is -2.66. The highest BCUT2D eigenvalue weighted by Gasteiger charge is 2.47. The summed E-state index contributed by atoms with van der Waals surface area (Å²) in [6.45, 7) is 24.1. The second-order valence-corrected chi connectivity index (χ2v) is 31.5. The van der Waals surface area contributed by atoms with Gasteiger partial charge in [0.1, 0.15) is 41.7 Å². The topological polar surface area (TPSA) is 253 Å². The van der Waals surface area contributed by atoms with Gasteiger partial charge in [-0.25, -0.2) is 23.7 Å². The molecule has 6 fully saturated rings. The molecule has 3 aromatic carbocycles. The molecule has 25 heteroatoms. The third-order valence-corrected chi connectivity index (χ3v) is 22.2. The van der Waals surface area contributed by atoms with Gasteiger partial charge in [-0.2, -0.15) is 0 Å². The Morgan fingerprint density at radius 3 is 2.14 bits per heavy atom. The Bertz CT molecular complexity index is 3680. The summed E-state index contributed by atoms with van der Waals surface area (Å²) < 4.78 is 31.4. The van der Waals surface area contributed by atoms with Crippen LogP contribution in [0.15, 0.2) is 78.6 Å². The van der Waals surface area contributed by atoms with E-state index in [2.05, 4.69) is 86.4 Å². The van der Waals surface area contributed by atoms with Crippen LogP contribution in [0, 0.1) is 34.8 Å². The first-order valence-electron chi connectivity index (χ1n) is 35.5. The van der Waals surface area contributed by atoms with Crippen molar-refractivity contribution in [2.45, 2.75) is 168 Å². The lowest BCUT2D eigenvalue weighted by atomic mass is 9.82. The van der Waals surface area contributed by atoms with Crippen molar-refractivity contribution in [3.8, 4) is 10.4 Å². The maximum Gasteiger partial charge on any atom is 0.246 e. The van der Waals surface area contributed by atoms with Gasteiger partial charge in [-0.1, -0.05) is 83.1 Å². The molecule has 534 valence electrons. The maximum atomic E-state index is 15.8. The minimum atomic E-state index is -1.00. The number of likely N-dealkylation sites (tertiary alicyclic amines) is 4. The molecule has 6 aliphatic heterocycles. The number of aliphatic hydroxyl groups excluding tert-OH is 1. The van der Waals surface area contributed by atoms with E-state index in [-0.39, 0.29) is 78.5 Å². The molecule has 5 atom stereocenters. The van der Waals surface area contributed by atoms with Crippen LogP contribution in [-0.4, -0.2) is 190 Å². The van der Waals surface area contributed by atoms with E-state index >= 15 is 8.78 Å². The van der Waals surface area contributed by atoms with Crippen molar-refractivity contribution in [1.82, 2.24) is 61.1 Å². The fourth-order valence-corrected chi connectivity index (χ4v) is 16.0. The van der Waals surface area contributed by atoms with Crippen LogP contribution in [-0.2, 0) is 48.4 Å². The number of rotatable bonds is 25. The Morgan fingerprint density at radius 2 is 1.43 bits per heavy atom. The Morgan fingerprint density at radius 1 is 0.747 bits per heavy atom. The molecule has 11 rings (SSSR count). The lowest BCUT2D eigenvalue weighted by Gasteiger charge is -2.48. The molecule has 0 saturated carbocycles. The fourth-order valence-electron chi connectivity index (χ4n) is 15.2. The highest BCUT2D eigenvalue weighted by molar-refractivity contribution is 7.13. The standard InChI is InChI=1S/C74H101F2N15O7S/c1-49(53-12-14-54(15-13-53)67-50(2)82-48-99-67)83-69(97)60-36-56(92)42-91(60)70(98)68(71(3,4)5)84-65(95)17-16-63(93)77-25-9-26-87-30-21-73(44-87)22-31-88(45-73)27-18-64(94)79-40-52-11-8-10-51(34-52)39-78-61-38-62(81-47-80-61)89-32-23-74(24-33-89)46-90(43-66(96)85-74)59-37-57(75)55(35-58(59)76)41-86-28-19-72(6,7)20-29-86/h8,10-15,34-35,37-38,47-49,56,60,68,92H,9,16-33,36,39-46H2,1-7H3,(H,77,93)(H,79,94)(H,83,97)(H,84,95)(H,85,96)(H,78,80,81)/t49-,56+,60-,68+,73+/m0/s1. The highest BCUT2D eigenvalue weighted by Crippen LogP contribution is 2.40. The predicted octanol–water partition coefficient (Wildman–Crippen LogP) is 7.46. The minimum Gasteiger partial charge on any atom is -0.391 e. The molecular formula is C74H101F2N15O7S. The van der Waals surface area contributed by atoms with Gasteiger partial charge in [0.25, 0.3) is 0 Å². The molecule has 22 nitrogen and oxygen atoms in total. The Kier molecular flexibility index (Phi) is 23.0. The van der Waals surface area contributed by atoms with Crippen LogP contribution in [0.1, 0.15) is 146 Å². The number of aromatic nitrogens is 3. The number of nitrogens with one attached hydrogen (secondary N) is 6. The van der Waals surface area contributed by atoms with Gasteiger partial charge < -0.3 is 61.5 Å². The molecule has 6 saturated heterocycles. The average molecular weight is 1380 g/mol. The molecule has 99 heavy (non-hydrogen) atoms. The van der Waals surface area contributed by atoms with Crippen LogP contribution in [0.3, 0.4) is 0 Å². The Balaban J connectivity index is 0.549. The van der Waals surface area contributed by atoms with Gasteiger partial charge in [-0.3, -0.25) is 33.7 Å². The SMILES string of the molecule is Cc1ncsc1-c1ccc([C@H](C)NC(=O)[C@@H]2C[C@@H](O)CN2C(=O)[C@@H](NC(=O)CCC(=O)NCCCN2CC[C@@]3(CCN(CCC(=O)NCc4cccc(CNc5cc(N6CCC7(CC6)CN(c6cc(F)c(CN8CCC(C)(C)CC8)cc6F)CC(=O)N7)ncn5)c4)C3)C2)C(C)(C)C)cc1. The number of piperazine rings is 1. The molecular weight excluding hydrogens is 1280 g/mol. The monoisotopic (exact) mass is 1380 g/mol. The zero-order chi connectivity index (χ0) is 70.2.